The van der Waals surface area contributed by atoms with E-state index in [9.17, 15) is 13.2 Å². The number of sulfonamides is 1. The molecular weight excluding hydrogens is 352 g/mol. The van der Waals surface area contributed by atoms with Crippen LogP contribution < -0.4 is 0 Å². The largest absolute Gasteiger partial charge is 0.395 e. The van der Waals surface area contributed by atoms with E-state index in [0.717, 1.165) is 5.56 Å². The summed E-state index contributed by atoms with van der Waals surface area (Å²) in [5, 5.41) is 9.06. The zero-order chi connectivity index (χ0) is 19.3. The molecule has 1 amide bonds. The summed E-state index contributed by atoms with van der Waals surface area (Å²) in [6.45, 7) is 7.55. The van der Waals surface area contributed by atoms with Crippen molar-refractivity contribution in [3.8, 4) is 0 Å². The molecule has 0 bridgehead atoms. The minimum atomic E-state index is -3.52. The summed E-state index contributed by atoms with van der Waals surface area (Å²) in [5.41, 5.74) is 1.11. The van der Waals surface area contributed by atoms with E-state index in [1.165, 1.54) is 4.31 Å². The van der Waals surface area contributed by atoms with Gasteiger partial charge in [0, 0.05) is 32.1 Å². The molecule has 1 aromatic rings. The molecule has 1 aliphatic rings. The summed E-state index contributed by atoms with van der Waals surface area (Å²) in [6, 6.07) is 7.06. The molecule has 1 heterocycles. The fourth-order valence-electron chi connectivity index (χ4n) is 3.32. The van der Waals surface area contributed by atoms with Crippen LogP contribution in [0.4, 0.5) is 0 Å². The number of aliphatic hydroxyl groups is 1. The van der Waals surface area contributed by atoms with Crippen molar-refractivity contribution in [1.82, 2.24) is 9.21 Å². The standard InChI is InChI=1S/C19H30N2O4S/c1-4-20(13-14-22)19(23)17-9-11-21(12-10-17)26(24,25)18-7-5-16(6-8-18)15(2)3/h5-8,15,17,22H,4,9-14H2,1-3H3. The van der Waals surface area contributed by atoms with Crippen molar-refractivity contribution < 1.29 is 18.3 Å². The normalized spacial score (nSPS) is 16.8. The van der Waals surface area contributed by atoms with Gasteiger partial charge in [-0.25, -0.2) is 8.42 Å². The lowest BCUT2D eigenvalue weighted by Gasteiger charge is -2.33. The third kappa shape index (κ3) is 4.64. The molecule has 0 unspecified atom stereocenters. The minimum absolute atomic E-state index is 0.0138. The Morgan fingerprint density at radius 1 is 1.23 bits per heavy atom. The summed E-state index contributed by atoms with van der Waals surface area (Å²) in [6.07, 6.45) is 1.04. The first-order valence-electron chi connectivity index (χ1n) is 9.31. The molecule has 0 spiro atoms. The zero-order valence-electron chi connectivity index (χ0n) is 15.9. The summed E-state index contributed by atoms with van der Waals surface area (Å²) in [5.74, 6) is 0.199. The van der Waals surface area contributed by atoms with E-state index in [2.05, 4.69) is 13.8 Å². The van der Waals surface area contributed by atoms with Gasteiger partial charge in [0.2, 0.25) is 15.9 Å². The fraction of sp³-hybridized carbons (Fsp3) is 0.632. The Balaban J connectivity index is 2.03. The Kier molecular flexibility index (Phi) is 7.20. The van der Waals surface area contributed by atoms with E-state index < -0.39 is 10.0 Å². The number of carbonyl (C=O) groups excluding carboxylic acids is 1. The van der Waals surface area contributed by atoms with Crippen LogP contribution in [0.5, 0.6) is 0 Å². The summed E-state index contributed by atoms with van der Waals surface area (Å²) >= 11 is 0. The lowest BCUT2D eigenvalue weighted by molar-refractivity contribution is -0.137. The first kappa shape index (κ1) is 20.9. The molecule has 0 saturated carbocycles. The van der Waals surface area contributed by atoms with Crippen LogP contribution in [-0.4, -0.2) is 61.4 Å². The molecule has 0 atom stereocenters. The van der Waals surface area contributed by atoms with Gasteiger partial charge < -0.3 is 10.0 Å². The van der Waals surface area contributed by atoms with Crippen molar-refractivity contribution in [3.05, 3.63) is 29.8 Å². The van der Waals surface area contributed by atoms with Gasteiger partial charge >= 0.3 is 0 Å². The summed E-state index contributed by atoms with van der Waals surface area (Å²) in [7, 11) is -3.52. The molecule has 1 aliphatic heterocycles. The number of aliphatic hydroxyl groups excluding tert-OH is 1. The van der Waals surface area contributed by atoms with Crippen LogP contribution >= 0.6 is 0 Å². The van der Waals surface area contributed by atoms with Crippen LogP contribution in [0.2, 0.25) is 0 Å². The molecule has 26 heavy (non-hydrogen) atoms. The number of piperidine rings is 1. The number of hydrogen-bond acceptors (Lipinski definition) is 4. The molecule has 146 valence electrons. The van der Waals surface area contributed by atoms with Crippen molar-refractivity contribution in [1.29, 1.82) is 0 Å². The topological polar surface area (TPSA) is 77.9 Å². The van der Waals surface area contributed by atoms with Crippen LogP contribution in [0.3, 0.4) is 0 Å². The highest BCUT2D eigenvalue weighted by molar-refractivity contribution is 7.89. The van der Waals surface area contributed by atoms with Gasteiger partial charge in [0.05, 0.1) is 11.5 Å². The number of nitrogens with zero attached hydrogens (tertiary/aromatic N) is 2. The molecule has 6 nitrogen and oxygen atoms in total. The lowest BCUT2D eigenvalue weighted by atomic mass is 9.96. The second-order valence-corrected chi connectivity index (χ2v) is 8.98. The number of benzene rings is 1. The molecule has 7 heteroatoms. The summed E-state index contributed by atoms with van der Waals surface area (Å²) in [4.78, 5) is 14.4. The van der Waals surface area contributed by atoms with Crippen molar-refractivity contribution in [3.63, 3.8) is 0 Å². The fourth-order valence-corrected chi connectivity index (χ4v) is 4.79. The average Bonchev–Trinajstić information content (AvgIpc) is 2.65. The average molecular weight is 383 g/mol. The Bertz CT molecular complexity index is 693. The second-order valence-electron chi connectivity index (χ2n) is 7.04. The van der Waals surface area contributed by atoms with Gasteiger partial charge in [-0.1, -0.05) is 26.0 Å². The molecule has 1 fully saturated rings. The molecule has 1 saturated heterocycles. The van der Waals surface area contributed by atoms with Crippen LogP contribution in [0.25, 0.3) is 0 Å². The lowest BCUT2D eigenvalue weighted by Crippen LogP contribution is -2.45. The van der Waals surface area contributed by atoms with Crippen LogP contribution in [0.15, 0.2) is 29.2 Å². The molecule has 1 aromatic carbocycles. The van der Waals surface area contributed by atoms with Crippen molar-refractivity contribution in [2.75, 3.05) is 32.8 Å². The third-order valence-corrected chi connectivity index (χ3v) is 6.96. The van der Waals surface area contributed by atoms with E-state index >= 15 is 0 Å². The molecular formula is C19H30N2O4S. The third-order valence-electron chi connectivity index (χ3n) is 5.05. The molecule has 0 aliphatic carbocycles. The molecule has 2 rings (SSSR count). The van der Waals surface area contributed by atoms with Gasteiger partial charge in [-0.2, -0.15) is 4.31 Å². The van der Waals surface area contributed by atoms with Gasteiger partial charge in [0.25, 0.3) is 0 Å². The van der Waals surface area contributed by atoms with E-state index in [1.807, 2.05) is 19.1 Å². The maximum Gasteiger partial charge on any atom is 0.243 e. The highest BCUT2D eigenvalue weighted by atomic mass is 32.2. The van der Waals surface area contributed by atoms with Crippen molar-refractivity contribution >= 4 is 15.9 Å². The van der Waals surface area contributed by atoms with Gasteiger partial charge in [0.15, 0.2) is 0 Å². The van der Waals surface area contributed by atoms with E-state index in [4.69, 9.17) is 5.11 Å². The maximum absolute atomic E-state index is 12.8. The zero-order valence-corrected chi connectivity index (χ0v) is 16.7. The number of amides is 1. The maximum atomic E-state index is 12.8. The van der Waals surface area contributed by atoms with Crippen LogP contribution in [0.1, 0.15) is 45.1 Å². The predicted octanol–water partition coefficient (Wildman–Crippen LogP) is 2.05. The highest BCUT2D eigenvalue weighted by Gasteiger charge is 2.33. The molecule has 0 aromatic heterocycles. The molecule has 1 N–H and O–H groups in total. The van der Waals surface area contributed by atoms with Crippen molar-refractivity contribution in [2.24, 2.45) is 5.92 Å². The number of likely N-dealkylation sites (N-methyl/N-ethyl adjacent to an activating group) is 1. The smallest absolute Gasteiger partial charge is 0.243 e. The first-order chi connectivity index (χ1) is 12.3. The van der Waals surface area contributed by atoms with Gasteiger partial charge in [-0.05, 0) is 43.4 Å². The predicted molar refractivity (Wildman–Crippen MR) is 101 cm³/mol. The van der Waals surface area contributed by atoms with Gasteiger partial charge in [-0.15, -0.1) is 0 Å². The van der Waals surface area contributed by atoms with E-state index in [0.29, 0.717) is 49.8 Å². The summed E-state index contributed by atoms with van der Waals surface area (Å²) < 4.78 is 27.1. The minimum Gasteiger partial charge on any atom is -0.395 e. The van der Waals surface area contributed by atoms with E-state index in [-0.39, 0.29) is 18.4 Å². The highest BCUT2D eigenvalue weighted by Crippen LogP contribution is 2.26. The van der Waals surface area contributed by atoms with Gasteiger partial charge in [0.1, 0.15) is 0 Å². The Hall–Kier alpha value is -1.44. The van der Waals surface area contributed by atoms with Crippen molar-refractivity contribution in [2.45, 2.75) is 44.4 Å². The monoisotopic (exact) mass is 382 g/mol. The Morgan fingerprint density at radius 2 is 1.81 bits per heavy atom. The number of carbonyl (C=O) groups is 1. The van der Waals surface area contributed by atoms with E-state index in [1.54, 1.807) is 17.0 Å². The second kappa shape index (κ2) is 8.97. The van der Waals surface area contributed by atoms with Crippen LogP contribution in [-0.2, 0) is 14.8 Å². The molecule has 0 radical (unpaired) electrons. The first-order valence-corrected chi connectivity index (χ1v) is 10.7. The number of hydrogen-bond donors (Lipinski definition) is 1. The van der Waals surface area contributed by atoms with Crippen LogP contribution in [0, 0.1) is 5.92 Å². The Labute approximate surface area is 156 Å². The Morgan fingerprint density at radius 3 is 2.27 bits per heavy atom. The SMILES string of the molecule is CCN(CCO)C(=O)C1CCN(S(=O)(=O)c2ccc(C(C)C)cc2)CC1. The quantitative estimate of drug-likeness (QED) is 0.783. The number of rotatable bonds is 7. The van der Waals surface area contributed by atoms with Gasteiger partial charge in [-0.3, -0.25) is 4.79 Å².